The Morgan fingerprint density at radius 1 is 1.22 bits per heavy atom. The summed E-state index contributed by atoms with van der Waals surface area (Å²) >= 11 is 11.7. The van der Waals surface area contributed by atoms with E-state index in [2.05, 4.69) is 47.8 Å². The molecule has 1 aromatic heterocycles. The summed E-state index contributed by atoms with van der Waals surface area (Å²) in [6.45, 7) is 0. The molecule has 18 heavy (non-hydrogen) atoms. The average Bonchev–Trinajstić information content (AvgIpc) is 2.79. The predicted molar refractivity (Wildman–Crippen MR) is 88.8 cm³/mol. The van der Waals surface area contributed by atoms with Crippen LogP contribution in [0.1, 0.15) is 17.2 Å². The number of hydrogen-bond donors (Lipinski definition) is 2. The van der Waals surface area contributed by atoms with E-state index in [1.807, 2.05) is 16.8 Å². The van der Waals surface area contributed by atoms with Gasteiger partial charge in [0.2, 0.25) is 0 Å². The van der Waals surface area contributed by atoms with Crippen LogP contribution < -0.4 is 5.73 Å². The van der Waals surface area contributed by atoms with Crippen LogP contribution in [0.2, 0.25) is 0 Å². The molecule has 0 fully saturated rings. The van der Waals surface area contributed by atoms with Crippen LogP contribution in [0.4, 0.5) is 0 Å². The zero-order valence-electron chi connectivity index (χ0n) is 8.86. The summed E-state index contributed by atoms with van der Waals surface area (Å²) in [5.74, 6) is 0.161. The number of rotatable bonds is 2. The molecule has 1 atom stereocenters. The number of aromatic hydroxyl groups is 1. The lowest BCUT2D eigenvalue weighted by molar-refractivity contribution is 0.467. The largest absolute Gasteiger partial charge is 0.506 e. The van der Waals surface area contributed by atoms with Crippen LogP contribution in [0, 0.1) is 0 Å². The summed E-state index contributed by atoms with van der Waals surface area (Å²) in [7, 11) is 0. The Morgan fingerprint density at radius 3 is 2.44 bits per heavy atom. The molecule has 0 bridgehead atoms. The van der Waals surface area contributed by atoms with Crippen molar-refractivity contribution in [1.82, 2.24) is 0 Å². The summed E-state index contributed by atoms with van der Waals surface area (Å²) in [5.41, 5.74) is 8.06. The Bertz CT molecular complexity index is 548. The average molecular weight is 478 g/mol. The molecule has 3 N–H and O–H groups in total. The van der Waals surface area contributed by atoms with E-state index in [9.17, 15) is 5.11 Å². The van der Waals surface area contributed by atoms with E-state index in [-0.39, 0.29) is 24.2 Å². The molecule has 0 spiro atoms. The van der Waals surface area contributed by atoms with E-state index in [0.717, 1.165) is 15.6 Å². The number of phenolic OH excluding ortho intramolecular Hbond substituents is 1. The molecule has 0 aliphatic heterocycles. The van der Waals surface area contributed by atoms with Crippen molar-refractivity contribution in [1.29, 1.82) is 0 Å². The molecule has 0 aliphatic carbocycles. The number of phenols is 1. The first-order valence-electron chi connectivity index (χ1n) is 4.66. The smallest absolute Gasteiger partial charge is 0.144 e. The summed E-state index contributed by atoms with van der Waals surface area (Å²) in [6.07, 6.45) is 0. The molecule has 0 saturated carbocycles. The topological polar surface area (TPSA) is 46.2 Å². The first kappa shape index (κ1) is 16.5. The molecule has 0 unspecified atom stereocenters. The van der Waals surface area contributed by atoms with Gasteiger partial charge in [-0.05, 0) is 60.3 Å². The van der Waals surface area contributed by atoms with Crippen molar-refractivity contribution in [2.45, 2.75) is 6.04 Å². The van der Waals surface area contributed by atoms with E-state index in [1.54, 1.807) is 17.4 Å². The van der Waals surface area contributed by atoms with Gasteiger partial charge in [-0.3, -0.25) is 0 Å². The molecule has 2 rings (SSSR count). The van der Waals surface area contributed by atoms with Crippen molar-refractivity contribution in [3.63, 3.8) is 0 Å². The van der Waals surface area contributed by atoms with Crippen molar-refractivity contribution in [2.75, 3.05) is 0 Å². The maximum atomic E-state index is 9.89. The van der Waals surface area contributed by atoms with E-state index >= 15 is 0 Å². The minimum Gasteiger partial charge on any atom is -0.506 e. The minimum absolute atomic E-state index is 0. The van der Waals surface area contributed by atoms with Gasteiger partial charge in [0.1, 0.15) is 5.75 Å². The van der Waals surface area contributed by atoms with Gasteiger partial charge in [0.15, 0.2) is 0 Å². The molecule has 1 heterocycles. The van der Waals surface area contributed by atoms with Crippen LogP contribution in [0.25, 0.3) is 0 Å². The van der Waals surface area contributed by atoms with Crippen LogP contribution in [0.15, 0.2) is 36.3 Å². The van der Waals surface area contributed by atoms with E-state index in [1.165, 1.54) is 0 Å². The van der Waals surface area contributed by atoms with Gasteiger partial charge in [0, 0.05) is 10.0 Å². The normalized spacial score (nSPS) is 12.0. The molecule has 0 amide bonds. The lowest BCUT2D eigenvalue weighted by Gasteiger charge is -2.16. The Kier molecular flexibility index (Phi) is 6.15. The number of thiophene rings is 1. The van der Waals surface area contributed by atoms with Crippen molar-refractivity contribution in [2.24, 2.45) is 5.73 Å². The van der Waals surface area contributed by atoms with Gasteiger partial charge in [-0.1, -0.05) is 15.9 Å². The zero-order valence-corrected chi connectivity index (χ0v) is 15.3. The van der Waals surface area contributed by atoms with Crippen LogP contribution in [-0.4, -0.2) is 5.11 Å². The first-order valence-corrected chi connectivity index (χ1v) is 7.98. The molecular formula is C11H9Br3ClNOS. The van der Waals surface area contributed by atoms with Gasteiger partial charge in [-0.15, -0.1) is 12.4 Å². The number of halogens is 4. The maximum Gasteiger partial charge on any atom is 0.144 e. The highest BCUT2D eigenvalue weighted by molar-refractivity contribution is 9.11. The lowest BCUT2D eigenvalue weighted by atomic mass is 10.0. The Morgan fingerprint density at radius 2 is 1.89 bits per heavy atom. The fourth-order valence-electron chi connectivity index (χ4n) is 1.50. The van der Waals surface area contributed by atoms with Crippen molar-refractivity contribution >= 4 is 71.5 Å². The molecule has 2 aromatic rings. The molecule has 2 nitrogen and oxygen atoms in total. The molecule has 98 valence electrons. The van der Waals surface area contributed by atoms with Crippen LogP contribution in [0.5, 0.6) is 5.75 Å². The standard InChI is InChI=1S/C11H8Br3NOS.ClH/c12-6-3-7(13)11(16)9(14)8(6)10(15)5-1-2-17-4-5;/h1-4,10,16H,15H2;1H/t10-;/m1./s1. The van der Waals surface area contributed by atoms with Crippen LogP contribution in [-0.2, 0) is 0 Å². The summed E-state index contributed by atoms with van der Waals surface area (Å²) < 4.78 is 2.09. The van der Waals surface area contributed by atoms with Crippen LogP contribution in [0.3, 0.4) is 0 Å². The highest BCUT2D eigenvalue weighted by Gasteiger charge is 2.20. The van der Waals surface area contributed by atoms with Crippen molar-refractivity contribution < 1.29 is 5.11 Å². The van der Waals surface area contributed by atoms with Crippen molar-refractivity contribution in [3.8, 4) is 5.75 Å². The molecule has 0 saturated heterocycles. The second-order valence-electron chi connectivity index (χ2n) is 3.45. The Hall–Kier alpha value is 0.410. The lowest BCUT2D eigenvalue weighted by Crippen LogP contribution is -2.12. The first-order chi connectivity index (χ1) is 8.02. The minimum atomic E-state index is -0.274. The maximum absolute atomic E-state index is 9.89. The second-order valence-corrected chi connectivity index (χ2v) is 6.73. The summed E-state index contributed by atoms with van der Waals surface area (Å²) in [6, 6.07) is 3.50. The SMILES string of the molecule is Cl.N[C@H](c1ccsc1)c1c(Br)cc(Br)c(O)c1Br. The van der Waals surface area contributed by atoms with Gasteiger partial charge < -0.3 is 10.8 Å². The fraction of sp³-hybridized carbons (Fsp3) is 0.0909. The Labute approximate surface area is 140 Å². The predicted octanol–water partition coefficient (Wildman–Crippen LogP) is 5.21. The third-order valence-corrected chi connectivity index (χ3v) is 5.16. The number of hydrogen-bond acceptors (Lipinski definition) is 3. The van der Waals surface area contributed by atoms with Gasteiger partial charge >= 0.3 is 0 Å². The summed E-state index contributed by atoms with van der Waals surface area (Å²) in [4.78, 5) is 0. The highest BCUT2D eigenvalue weighted by atomic mass is 79.9. The van der Waals surface area contributed by atoms with Crippen molar-refractivity contribution in [3.05, 3.63) is 47.4 Å². The summed E-state index contributed by atoms with van der Waals surface area (Å²) in [5, 5.41) is 13.9. The van der Waals surface area contributed by atoms with Gasteiger partial charge in [-0.2, -0.15) is 11.3 Å². The fourth-order valence-corrected chi connectivity index (χ4v) is 4.81. The zero-order chi connectivity index (χ0) is 12.6. The molecule has 0 aliphatic rings. The number of benzene rings is 1. The van der Waals surface area contributed by atoms with E-state index < -0.39 is 0 Å². The van der Waals surface area contributed by atoms with E-state index in [4.69, 9.17) is 5.73 Å². The third kappa shape index (κ3) is 3.11. The molecule has 1 aromatic carbocycles. The quantitative estimate of drug-likeness (QED) is 0.623. The molecule has 7 heteroatoms. The van der Waals surface area contributed by atoms with E-state index in [0.29, 0.717) is 8.95 Å². The molecular weight excluding hydrogens is 469 g/mol. The highest BCUT2D eigenvalue weighted by Crippen LogP contribution is 2.43. The monoisotopic (exact) mass is 475 g/mol. The third-order valence-electron chi connectivity index (χ3n) is 2.39. The van der Waals surface area contributed by atoms with Gasteiger partial charge in [-0.25, -0.2) is 0 Å². The molecule has 0 radical (unpaired) electrons. The van der Waals surface area contributed by atoms with Gasteiger partial charge in [0.05, 0.1) is 15.0 Å². The Balaban J connectivity index is 0.00000162. The van der Waals surface area contributed by atoms with Gasteiger partial charge in [0.25, 0.3) is 0 Å². The second kappa shape index (κ2) is 6.72. The van der Waals surface area contributed by atoms with Crippen LogP contribution >= 0.6 is 71.5 Å². The number of nitrogens with two attached hydrogens (primary N) is 1.